The first-order chi connectivity index (χ1) is 9.03. The van der Waals surface area contributed by atoms with E-state index < -0.39 is 4.92 Å². The standard InChI is InChI=1S/C13H17NO4S/c1-5-19-10-7-12(17-3)11(13(8-10)18-4)6-9(2)14(15)16/h6-8H,5H2,1-4H3/b9-6+. The molecule has 0 N–H and O–H groups in total. The third-order valence-electron chi connectivity index (χ3n) is 2.47. The second kappa shape index (κ2) is 7.04. The molecule has 1 aromatic carbocycles. The van der Waals surface area contributed by atoms with Crippen LogP contribution < -0.4 is 9.47 Å². The van der Waals surface area contributed by atoms with Gasteiger partial charge in [0.2, 0.25) is 5.70 Å². The van der Waals surface area contributed by atoms with E-state index in [1.165, 1.54) is 27.2 Å². The summed E-state index contributed by atoms with van der Waals surface area (Å²) in [7, 11) is 3.07. The van der Waals surface area contributed by atoms with Crippen LogP contribution in [0.2, 0.25) is 0 Å². The van der Waals surface area contributed by atoms with Crippen molar-refractivity contribution in [2.45, 2.75) is 18.7 Å². The van der Waals surface area contributed by atoms with Gasteiger partial charge in [0.25, 0.3) is 0 Å². The Bertz CT molecular complexity index is 474. The van der Waals surface area contributed by atoms with Gasteiger partial charge in [-0.05, 0) is 17.9 Å². The number of rotatable bonds is 6. The molecule has 0 fully saturated rings. The molecule has 0 spiro atoms. The number of allylic oxidation sites excluding steroid dienone is 1. The summed E-state index contributed by atoms with van der Waals surface area (Å²) < 4.78 is 10.6. The highest BCUT2D eigenvalue weighted by molar-refractivity contribution is 7.99. The molecule has 0 saturated carbocycles. The van der Waals surface area contributed by atoms with E-state index in [9.17, 15) is 10.1 Å². The molecule has 0 heterocycles. The highest BCUT2D eigenvalue weighted by Gasteiger charge is 2.14. The highest BCUT2D eigenvalue weighted by Crippen LogP contribution is 2.36. The van der Waals surface area contributed by atoms with Gasteiger partial charge in [-0.3, -0.25) is 10.1 Å². The quantitative estimate of drug-likeness (QED) is 0.454. The van der Waals surface area contributed by atoms with Crippen LogP contribution in [-0.2, 0) is 0 Å². The molecule has 1 aromatic rings. The molecule has 0 unspecified atom stereocenters. The first kappa shape index (κ1) is 15.4. The molecule has 0 radical (unpaired) electrons. The second-order valence-electron chi connectivity index (χ2n) is 3.72. The molecule has 19 heavy (non-hydrogen) atoms. The van der Waals surface area contributed by atoms with Gasteiger partial charge in [-0.25, -0.2) is 0 Å². The first-order valence-corrected chi connectivity index (χ1v) is 6.73. The summed E-state index contributed by atoms with van der Waals surface area (Å²) in [5, 5.41) is 10.7. The van der Waals surface area contributed by atoms with Crippen LogP contribution in [0, 0.1) is 10.1 Å². The molecule has 104 valence electrons. The average molecular weight is 283 g/mol. The Morgan fingerprint density at radius 3 is 2.26 bits per heavy atom. The number of thioether (sulfide) groups is 1. The van der Waals surface area contributed by atoms with Gasteiger partial charge in [-0.15, -0.1) is 11.8 Å². The molecule has 0 aliphatic rings. The normalized spacial score (nSPS) is 11.3. The van der Waals surface area contributed by atoms with Crippen LogP contribution in [0.4, 0.5) is 0 Å². The van der Waals surface area contributed by atoms with Crippen molar-refractivity contribution in [2.75, 3.05) is 20.0 Å². The zero-order valence-corrected chi connectivity index (χ0v) is 12.2. The minimum absolute atomic E-state index is 0.0347. The van der Waals surface area contributed by atoms with E-state index in [2.05, 4.69) is 0 Å². The van der Waals surface area contributed by atoms with E-state index in [0.717, 1.165) is 10.6 Å². The van der Waals surface area contributed by atoms with Gasteiger partial charge >= 0.3 is 0 Å². The minimum atomic E-state index is -0.437. The molecule has 1 rings (SSSR count). The lowest BCUT2D eigenvalue weighted by atomic mass is 10.1. The average Bonchev–Trinajstić information content (AvgIpc) is 2.39. The lowest BCUT2D eigenvalue weighted by Gasteiger charge is -2.12. The van der Waals surface area contributed by atoms with Crippen molar-refractivity contribution in [2.24, 2.45) is 0 Å². The zero-order valence-electron chi connectivity index (χ0n) is 11.4. The molecule has 0 aromatic heterocycles. The third kappa shape index (κ3) is 3.89. The van der Waals surface area contributed by atoms with Crippen molar-refractivity contribution in [3.05, 3.63) is 33.5 Å². The van der Waals surface area contributed by atoms with Gasteiger partial charge in [0.05, 0.1) is 24.7 Å². The number of ether oxygens (including phenoxy) is 2. The molecule has 0 atom stereocenters. The maximum absolute atomic E-state index is 10.7. The van der Waals surface area contributed by atoms with Gasteiger partial charge in [-0.2, -0.15) is 0 Å². The third-order valence-corrected chi connectivity index (χ3v) is 3.33. The Kier molecular flexibility index (Phi) is 5.69. The number of hydrogen-bond acceptors (Lipinski definition) is 5. The second-order valence-corrected chi connectivity index (χ2v) is 5.05. The summed E-state index contributed by atoms with van der Waals surface area (Å²) in [6, 6.07) is 3.71. The van der Waals surface area contributed by atoms with Crippen LogP contribution in [0.3, 0.4) is 0 Å². The van der Waals surface area contributed by atoms with E-state index in [4.69, 9.17) is 9.47 Å². The van der Waals surface area contributed by atoms with Crippen LogP contribution in [0.25, 0.3) is 6.08 Å². The van der Waals surface area contributed by atoms with Gasteiger partial charge < -0.3 is 9.47 Å². The fraction of sp³-hybridized carbons (Fsp3) is 0.385. The molecular weight excluding hydrogens is 266 g/mol. The van der Waals surface area contributed by atoms with Crippen LogP contribution in [0.1, 0.15) is 19.4 Å². The lowest BCUT2D eigenvalue weighted by Crippen LogP contribution is -1.97. The smallest absolute Gasteiger partial charge is 0.244 e. The van der Waals surface area contributed by atoms with E-state index in [1.54, 1.807) is 11.8 Å². The van der Waals surface area contributed by atoms with E-state index in [1.807, 2.05) is 19.1 Å². The van der Waals surface area contributed by atoms with Crippen LogP contribution in [0.15, 0.2) is 22.7 Å². The Morgan fingerprint density at radius 2 is 1.89 bits per heavy atom. The summed E-state index contributed by atoms with van der Waals surface area (Å²) in [6.45, 7) is 3.49. The predicted molar refractivity (Wildman–Crippen MR) is 76.6 cm³/mol. The van der Waals surface area contributed by atoms with E-state index in [-0.39, 0.29) is 5.70 Å². The SMILES string of the molecule is CCSc1cc(OC)c(/C=C(\C)[N+](=O)[O-])c(OC)c1. The van der Waals surface area contributed by atoms with E-state index >= 15 is 0 Å². The van der Waals surface area contributed by atoms with Crippen LogP contribution in [0.5, 0.6) is 11.5 Å². The van der Waals surface area contributed by atoms with Gasteiger partial charge in [0.1, 0.15) is 11.5 Å². The summed E-state index contributed by atoms with van der Waals surface area (Å²) in [6.07, 6.45) is 1.46. The van der Waals surface area contributed by atoms with Crippen molar-refractivity contribution in [1.82, 2.24) is 0 Å². The Balaban J connectivity index is 3.36. The Morgan fingerprint density at radius 1 is 1.37 bits per heavy atom. The molecule has 0 bridgehead atoms. The number of nitro groups is 1. The van der Waals surface area contributed by atoms with Crippen LogP contribution in [-0.4, -0.2) is 24.9 Å². The number of benzene rings is 1. The molecule has 0 aliphatic heterocycles. The van der Waals surface area contributed by atoms with Crippen molar-refractivity contribution in [3.63, 3.8) is 0 Å². The minimum Gasteiger partial charge on any atom is -0.496 e. The summed E-state index contributed by atoms with van der Waals surface area (Å²) in [5.74, 6) is 2.06. The fourth-order valence-corrected chi connectivity index (χ4v) is 2.28. The van der Waals surface area contributed by atoms with Gasteiger partial charge in [0, 0.05) is 17.9 Å². The first-order valence-electron chi connectivity index (χ1n) is 5.75. The van der Waals surface area contributed by atoms with Gasteiger partial charge in [-0.1, -0.05) is 6.92 Å². The molecular formula is C13H17NO4S. The van der Waals surface area contributed by atoms with E-state index in [0.29, 0.717) is 17.1 Å². The number of nitrogens with zero attached hydrogens (tertiary/aromatic N) is 1. The summed E-state index contributed by atoms with van der Waals surface area (Å²) in [5.41, 5.74) is 0.618. The number of methoxy groups -OCH3 is 2. The molecule has 0 aliphatic carbocycles. The topological polar surface area (TPSA) is 61.6 Å². The summed E-state index contributed by atoms with van der Waals surface area (Å²) in [4.78, 5) is 11.3. The van der Waals surface area contributed by atoms with Crippen molar-refractivity contribution in [3.8, 4) is 11.5 Å². The molecule has 0 amide bonds. The molecule has 0 saturated heterocycles. The Labute approximate surface area is 116 Å². The predicted octanol–water partition coefficient (Wildman–Crippen LogP) is 3.45. The Hall–Kier alpha value is -1.69. The maximum Gasteiger partial charge on any atom is 0.244 e. The van der Waals surface area contributed by atoms with Crippen molar-refractivity contribution < 1.29 is 14.4 Å². The number of hydrogen-bond donors (Lipinski definition) is 0. The van der Waals surface area contributed by atoms with Crippen molar-refractivity contribution in [1.29, 1.82) is 0 Å². The lowest BCUT2D eigenvalue weighted by molar-refractivity contribution is -0.422. The van der Waals surface area contributed by atoms with Gasteiger partial charge in [0.15, 0.2) is 0 Å². The fourth-order valence-electron chi connectivity index (χ4n) is 1.57. The summed E-state index contributed by atoms with van der Waals surface area (Å²) >= 11 is 1.65. The van der Waals surface area contributed by atoms with Crippen LogP contribution >= 0.6 is 11.8 Å². The van der Waals surface area contributed by atoms with Crippen molar-refractivity contribution >= 4 is 17.8 Å². The zero-order chi connectivity index (χ0) is 14.4. The highest BCUT2D eigenvalue weighted by atomic mass is 32.2. The molecule has 5 nitrogen and oxygen atoms in total. The monoisotopic (exact) mass is 283 g/mol. The molecule has 6 heteroatoms. The maximum atomic E-state index is 10.7. The largest absolute Gasteiger partial charge is 0.496 e.